The van der Waals surface area contributed by atoms with Crippen LogP contribution in [0.2, 0.25) is 0 Å². The Morgan fingerprint density at radius 3 is 2.41 bits per heavy atom. The van der Waals surface area contributed by atoms with Gasteiger partial charge in [0.15, 0.2) is 11.2 Å². The Labute approximate surface area is 218 Å². The van der Waals surface area contributed by atoms with E-state index in [2.05, 4.69) is 81.1 Å². The van der Waals surface area contributed by atoms with Gasteiger partial charge in [-0.05, 0) is 94.2 Å². The van der Waals surface area contributed by atoms with Crippen LogP contribution in [0.4, 0.5) is 0 Å². The monoisotopic (exact) mass is 494 g/mol. The van der Waals surface area contributed by atoms with Gasteiger partial charge < -0.3 is 23.9 Å². The molecule has 4 aliphatic rings. The Balaban J connectivity index is 0.000000125. The average Bonchev–Trinajstić information content (AvgIpc) is 3.59. The number of benzene rings is 1. The molecule has 37 heavy (non-hydrogen) atoms. The van der Waals surface area contributed by atoms with E-state index in [9.17, 15) is 0 Å². The highest BCUT2D eigenvalue weighted by Crippen LogP contribution is 2.47. The highest BCUT2D eigenvalue weighted by molar-refractivity contribution is 5.52. The molecule has 3 aliphatic heterocycles. The van der Waals surface area contributed by atoms with E-state index < -0.39 is 0 Å². The number of hydrogen-bond donors (Lipinski definition) is 1. The molecule has 6 heteroatoms. The van der Waals surface area contributed by atoms with Crippen molar-refractivity contribution in [2.75, 3.05) is 13.1 Å². The van der Waals surface area contributed by atoms with Crippen LogP contribution in [0, 0.1) is 6.92 Å². The summed E-state index contributed by atoms with van der Waals surface area (Å²) in [7, 11) is 0. The lowest BCUT2D eigenvalue weighted by atomic mass is 9.81. The predicted molar refractivity (Wildman–Crippen MR) is 144 cm³/mol. The molecular weight excluding hydrogens is 460 g/mol. The molecule has 1 N–H and O–H groups in total. The molecule has 0 unspecified atom stereocenters. The molecule has 8 rings (SSSR count). The van der Waals surface area contributed by atoms with Gasteiger partial charge in [0.25, 0.3) is 0 Å². The summed E-state index contributed by atoms with van der Waals surface area (Å²) in [5.74, 6) is 1.79. The lowest BCUT2D eigenvalue weighted by molar-refractivity contribution is 0.00897. The Morgan fingerprint density at radius 1 is 0.757 bits per heavy atom. The van der Waals surface area contributed by atoms with Crippen molar-refractivity contribution >= 4 is 0 Å². The summed E-state index contributed by atoms with van der Waals surface area (Å²) < 4.78 is 17.4. The third-order valence-electron chi connectivity index (χ3n) is 8.54. The summed E-state index contributed by atoms with van der Waals surface area (Å²) in [6.45, 7) is 4.20. The quantitative estimate of drug-likeness (QED) is 0.317. The van der Waals surface area contributed by atoms with Gasteiger partial charge in [0.1, 0.15) is 11.4 Å². The average molecular weight is 495 g/mol. The minimum Gasteiger partial charge on any atom is -0.479 e. The topological polar surface area (TPSA) is 53.2 Å². The Kier molecular flexibility index (Phi) is 5.39. The number of pyridine rings is 1. The zero-order chi connectivity index (χ0) is 24.9. The largest absolute Gasteiger partial charge is 0.479 e. The third kappa shape index (κ3) is 3.61. The van der Waals surface area contributed by atoms with Crippen molar-refractivity contribution in [3.8, 4) is 23.0 Å². The molecule has 1 saturated carbocycles. The van der Waals surface area contributed by atoms with Gasteiger partial charge in [-0.15, -0.1) is 0 Å². The Morgan fingerprint density at radius 2 is 1.54 bits per heavy atom. The maximum absolute atomic E-state index is 6.38. The summed E-state index contributed by atoms with van der Waals surface area (Å²) >= 11 is 0. The van der Waals surface area contributed by atoms with Crippen LogP contribution >= 0.6 is 0 Å². The number of hydrogen-bond acceptors (Lipinski definition) is 4. The van der Waals surface area contributed by atoms with Gasteiger partial charge in [-0.3, -0.25) is 0 Å². The van der Waals surface area contributed by atoms with Crippen molar-refractivity contribution in [1.29, 1.82) is 0 Å². The van der Waals surface area contributed by atoms with Gasteiger partial charge in [-0.1, -0.05) is 18.6 Å². The standard InChI is InChI=1S/C16H18N2O.C15H16N2O/c1-12-7-8-14-16(9-3-2-4-10-16)19-15-13(18(12)14)6-5-11-17-15;1-2-5-13-12(4-1)17-11-3-6-14(17)15(18-13)7-9-16-10-8-15/h5-8,11H,2-4,9-10H2,1H3;1-6,11,16H,7-10H2. The molecule has 4 aromatic rings. The molecular formula is C31H34N4O2. The first-order chi connectivity index (χ1) is 18.2. The lowest BCUT2D eigenvalue weighted by Gasteiger charge is -2.42. The van der Waals surface area contributed by atoms with Crippen LogP contribution in [0.1, 0.15) is 62.0 Å². The van der Waals surface area contributed by atoms with E-state index in [0.717, 1.165) is 61.8 Å². The molecule has 0 radical (unpaired) electrons. The fourth-order valence-electron chi connectivity index (χ4n) is 6.72. The van der Waals surface area contributed by atoms with Crippen molar-refractivity contribution in [3.05, 3.63) is 90.1 Å². The van der Waals surface area contributed by atoms with Crippen LogP contribution in [0.3, 0.4) is 0 Å². The number of aromatic nitrogens is 3. The maximum Gasteiger partial charge on any atom is 0.239 e. The van der Waals surface area contributed by atoms with Crippen molar-refractivity contribution in [2.45, 2.75) is 63.1 Å². The van der Waals surface area contributed by atoms with Crippen LogP contribution in [0.25, 0.3) is 11.4 Å². The highest BCUT2D eigenvalue weighted by atomic mass is 16.5. The molecule has 2 spiro atoms. The summed E-state index contributed by atoms with van der Waals surface area (Å²) in [6, 6.07) is 21.1. The molecule has 3 aromatic heterocycles. The van der Waals surface area contributed by atoms with E-state index >= 15 is 0 Å². The van der Waals surface area contributed by atoms with Crippen LogP contribution in [0.5, 0.6) is 11.6 Å². The second kappa shape index (κ2) is 8.80. The molecule has 1 aromatic carbocycles. The molecule has 0 amide bonds. The first-order valence-electron chi connectivity index (χ1n) is 13.7. The zero-order valence-corrected chi connectivity index (χ0v) is 21.5. The number of nitrogens with one attached hydrogen (secondary N) is 1. The smallest absolute Gasteiger partial charge is 0.239 e. The van der Waals surface area contributed by atoms with E-state index in [-0.39, 0.29) is 11.2 Å². The van der Waals surface area contributed by atoms with E-state index in [4.69, 9.17) is 9.47 Å². The van der Waals surface area contributed by atoms with E-state index in [0.29, 0.717) is 0 Å². The first-order valence-corrected chi connectivity index (χ1v) is 13.7. The molecule has 1 aliphatic carbocycles. The number of ether oxygens (including phenoxy) is 2. The Bertz CT molecular complexity index is 1420. The predicted octanol–water partition coefficient (Wildman–Crippen LogP) is 6.18. The van der Waals surface area contributed by atoms with Crippen molar-refractivity contribution in [3.63, 3.8) is 0 Å². The zero-order valence-electron chi connectivity index (χ0n) is 21.5. The molecule has 0 atom stereocenters. The number of nitrogens with zero attached hydrogens (tertiary/aromatic N) is 3. The second-order valence-electron chi connectivity index (χ2n) is 10.8. The molecule has 6 nitrogen and oxygen atoms in total. The third-order valence-corrected chi connectivity index (χ3v) is 8.54. The minimum absolute atomic E-state index is 0.136. The molecule has 2 fully saturated rings. The highest BCUT2D eigenvalue weighted by Gasteiger charge is 2.43. The van der Waals surface area contributed by atoms with E-state index in [1.807, 2.05) is 18.3 Å². The van der Waals surface area contributed by atoms with Gasteiger partial charge >= 0.3 is 0 Å². The SMILES string of the molecule is Cc1ccc2n1-c1cccnc1OC21CCCCC1.c1ccc2c(c1)OC1(CCNCC1)c1cccn1-2. The molecule has 6 heterocycles. The fourth-order valence-corrected chi connectivity index (χ4v) is 6.72. The normalized spacial score (nSPS) is 19.8. The summed E-state index contributed by atoms with van der Waals surface area (Å²) in [6.07, 6.45) is 12.0. The number of fused-ring (bicyclic) bond motifs is 8. The first kappa shape index (κ1) is 22.7. The van der Waals surface area contributed by atoms with Crippen LogP contribution in [0.15, 0.2) is 73.1 Å². The second-order valence-corrected chi connectivity index (χ2v) is 10.8. The van der Waals surface area contributed by atoms with Crippen molar-refractivity contribution < 1.29 is 9.47 Å². The summed E-state index contributed by atoms with van der Waals surface area (Å²) in [5.41, 5.74) is 5.82. The molecule has 0 bridgehead atoms. The number of rotatable bonds is 0. The fraction of sp³-hybridized carbons (Fsp3) is 0.387. The van der Waals surface area contributed by atoms with Crippen molar-refractivity contribution in [2.24, 2.45) is 0 Å². The van der Waals surface area contributed by atoms with Crippen LogP contribution in [-0.2, 0) is 11.2 Å². The molecule has 1 saturated heterocycles. The van der Waals surface area contributed by atoms with Gasteiger partial charge in [0.05, 0.1) is 17.1 Å². The Hall–Kier alpha value is -3.51. The van der Waals surface area contributed by atoms with Gasteiger partial charge in [0.2, 0.25) is 5.88 Å². The minimum atomic E-state index is -0.145. The van der Waals surface area contributed by atoms with Crippen LogP contribution in [-0.4, -0.2) is 27.2 Å². The lowest BCUT2D eigenvalue weighted by Crippen LogP contribution is -2.46. The van der Waals surface area contributed by atoms with Gasteiger partial charge in [-0.2, -0.15) is 0 Å². The number of piperidine rings is 1. The van der Waals surface area contributed by atoms with Gasteiger partial charge in [-0.25, -0.2) is 4.98 Å². The van der Waals surface area contributed by atoms with Crippen LogP contribution < -0.4 is 14.8 Å². The maximum atomic E-state index is 6.38. The number of para-hydroxylation sites is 2. The molecule has 190 valence electrons. The summed E-state index contributed by atoms with van der Waals surface area (Å²) in [5, 5.41) is 3.41. The van der Waals surface area contributed by atoms with E-state index in [1.54, 1.807) is 0 Å². The van der Waals surface area contributed by atoms with Crippen molar-refractivity contribution in [1.82, 2.24) is 19.4 Å². The summed E-state index contributed by atoms with van der Waals surface area (Å²) in [4.78, 5) is 4.45. The van der Waals surface area contributed by atoms with Gasteiger partial charge in [0, 0.05) is 30.9 Å². The number of aryl methyl sites for hydroxylation is 1. The van der Waals surface area contributed by atoms with E-state index in [1.165, 1.54) is 36.3 Å².